The van der Waals surface area contributed by atoms with Gasteiger partial charge in [0.15, 0.2) is 0 Å². The fraction of sp³-hybridized carbons (Fsp3) is 0.0645. The van der Waals surface area contributed by atoms with Crippen LogP contribution in [0.3, 0.4) is 0 Å². The summed E-state index contributed by atoms with van der Waals surface area (Å²) in [5.74, 6) is 2.29. The molecule has 3 N–H and O–H groups in total. The number of carbonyl (C=O) groups excluding carboxylic acids is 1. The summed E-state index contributed by atoms with van der Waals surface area (Å²) in [6, 6.07) is 29.7. The van der Waals surface area contributed by atoms with Crippen LogP contribution in [-0.4, -0.2) is 15.9 Å². The Morgan fingerprint density at radius 1 is 0.692 bits per heavy atom. The molecule has 1 amide bonds. The predicted octanol–water partition coefficient (Wildman–Crippen LogP) is 7.76. The zero-order valence-electron chi connectivity index (χ0n) is 21.4. The van der Waals surface area contributed by atoms with Crippen LogP contribution >= 0.6 is 0 Å². The van der Waals surface area contributed by atoms with Crippen molar-refractivity contribution >= 4 is 34.6 Å². The summed E-state index contributed by atoms with van der Waals surface area (Å²) in [6.45, 7) is 3.88. The van der Waals surface area contributed by atoms with E-state index >= 15 is 0 Å². The van der Waals surface area contributed by atoms with Crippen LogP contribution in [0.5, 0.6) is 11.5 Å². The number of amides is 1. The third-order valence-corrected chi connectivity index (χ3v) is 5.72. The molecule has 1 heterocycles. The fourth-order valence-corrected chi connectivity index (χ4v) is 3.81. The second-order valence-electron chi connectivity index (χ2n) is 8.92. The van der Waals surface area contributed by atoms with Gasteiger partial charge in [0.1, 0.15) is 34.8 Å². The fourth-order valence-electron chi connectivity index (χ4n) is 3.81. The Balaban J connectivity index is 1.21. The van der Waals surface area contributed by atoms with E-state index in [9.17, 15) is 9.18 Å². The van der Waals surface area contributed by atoms with Crippen LogP contribution in [-0.2, 0) is 0 Å². The number of anilines is 5. The average Bonchev–Trinajstić information content (AvgIpc) is 2.92. The van der Waals surface area contributed by atoms with Gasteiger partial charge in [0.2, 0.25) is 0 Å². The Kier molecular flexibility index (Phi) is 7.45. The molecule has 0 aliphatic carbocycles. The number of nitrogens with zero attached hydrogens (tertiary/aromatic N) is 2. The minimum Gasteiger partial charge on any atom is -0.457 e. The number of hydrogen-bond acceptors (Lipinski definition) is 6. The maximum absolute atomic E-state index is 13.1. The highest BCUT2D eigenvalue weighted by Crippen LogP contribution is 2.24. The van der Waals surface area contributed by atoms with Gasteiger partial charge in [-0.2, -0.15) is 0 Å². The number of carbonyl (C=O) groups is 1. The SMILES string of the molecule is Cc1ccc(Nc2cc(Nc3ccc(NC(=O)c4cccc(Oc5ccc(F)cc5)c4)cc3)nc(C)n2)cc1. The van der Waals surface area contributed by atoms with Gasteiger partial charge in [-0.1, -0.05) is 23.8 Å². The number of aromatic nitrogens is 2. The lowest BCUT2D eigenvalue weighted by atomic mass is 10.2. The molecular weight excluding hydrogens is 493 g/mol. The van der Waals surface area contributed by atoms with Crippen molar-refractivity contribution in [1.82, 2.24) is 9.97 Å². The van der Waals surface area contributed by atoms with Crippen molar-refractivity contribution in [3.8, 4) is 11.5 Å². The largest absolute Gasteiger partial charge is 0.457 e. The smallest absolute Gasteiger partial charge is 0.255 e. The van der Waals surface area contributed by atoms with E-state index in [1.54, 1.807) is 36.4 Å². The lowest BCUT2D eigenvalue weighted by Gasteiger charge is -2.12. The van der Waals surface area contributed by atoms with Crippen LogP contribution in [0.2, 0.25) is 0 Å². The lowest BCUT2D eigenvalue weighted by molar-refractivity contribution is 0.102. The Hall–Kier alpha value is -5.24. The van der Waals surface area contributed by atoms with Gasteiger partial charge >= 0.3 is 0 Å². The molecule has 0 aliphatic rings. The van der Waals surface area contributed by atoms with Crippen molar-refractivity contribution in [2.45, 2.75) is 13.8 Å². The van der Waals surface area contributed by atoms with E-state index in [4.69, 9.17) is 4.74 Å². The summed E-state index contributed by atoms with van der Waals surface area (Å²) in [5, 5.41) is 9.47. The van der Waals surface area contributed by atoms with E-state index in [0.717, 1.165) is 11.4 Å². The molecule has 0 fully saturated rings. The van der Waals surface area contributed by atoms with Crippen LogP contribution in [0.15, 0.2) is 103 Å². The first-order valence-corrected chi connectivity index (χ1v) is 12.3. The summed E-state index contributed by atoms with van der Waals surface area (Å²) in [5.41, 5.74) is 4.00. The quantitative estimate of drug-likeness (QED) is 0.194. The summed E-state index contributed by atoms with van der Waals surface area (Å²) < 4.78 is 18.9. The van der Waals surface area contributed by atoms with E-state index in [-0.39, 0.29) is 11.7 Å². The highest BCUT2D eigenvalue weighted by Gasteiger charge is 2.09. The van der Waals surface area contributed by atoms with Crippen LogP contribution < -0.4 is 20.7 Å². The molecule has 0 spiro atoms. The molecule has 5 aromatic rings. The number of aryl methyl sites for hydroxylation is 2. The van der Waals surface area contributed by atoms with Crippen LogP contribution in [0.4, 0.5) is 33.1 Å². The number of nitrogens with one attached hydrogen (secondary N) is 3. The van der Waals surface area contributed by atoms with E-state index in [0.29, 0.717) is 40.2 Å². The molecule has 0 bridgehead atoms. The molecule has 0 aliphatic heterocycles. The van der Waals surface area contributed by atoms with Gasteiger partial charge < -0.3 is 20.7 Å². The molecule has 39 heavy (non-hydrogen) atoms. The normalized spacial score (nSPS) is 10.5. The van der Waals surface area contributed by atoms with E-state index < -0.39 is 0 Å². The summed E-state index contributed by atoms with van der Waals surface area (Å²) >= 11 is 0. The van der Waals surface area contributed by atoms with Crippen molar-refractivity contribution in [3.05, 3.63) is 126 Å². The van der Waals surface area contributed by atoms with Crippen molar-refractivity contribution in [1.29, 1.82) is 0 Å². The minimum absolute atomic E-state index is 0.279. The highest BCUT2D eigenvalue weighted by molar-refractivity contribution is 6.04. The van der Waals surface area contributed by atoms with Gasteiger partial charge in [-0.15, -0.1) is 0 Å². The third kappa shape index (κ3) is 6.95. The van der Waals surface area contributed by atoms with Crippen LogP contribution in [0.1, 0.15) is 21.7 Å². The summed E-state index contributed by atoms with van der Waals surface area (Å²) in [6.07, 6.45) is 0. The third-order valence-electron chi connectivity index (χ3n) is 5.72. The second-order valence-corrected chi connectivity index (χ2v) is 8.92. The van der Waals surface area contributed by atoms with Gasteiger partial charge in [0, 0.05) is 28.7 Å². The molecule has 8 heteroatoms. The first-order valence-electron chi connectivity index (χ1n) is 12.3. The Morgan fingerprint density at radius 3 is 1.92 bits per heavy atom. The van der Waals surface area contributed by atoms with Gasteiger partial charge in [-0.3, -0.25) is 4.79 Å². The molecule has 4 aromatic carbocycles. The summed E-state index contributed by atoms with van der Waals surface area (Å²) in [4.78, 5) is 21.8. The van der Waals surface area contributed by atoms with Crippen molar-refractivity contribution in [2.75, 3.05) is 16.0 Å². The molecule has 5 rings (SSSR count). The molecule has 194 valence electrons. The second kappa shape index (κ2) is 11.4. The number of halogens is 1. The van der Waals surface area contributed by atoms with Crippen molar-refractivity contribution in [2.24, 2.45) is 0 Å². The molecule has 7 nitrogen and oxygen atoms in total. The van der Waals surface area contributed by atoms with E-state index in [1.807, 2.05) is 56.3 Å². The maximum atomic E-state index is 13.1. The maximum Gasteiger partial charge on any atom is 0.255 e. The first-order chi connectivity index (χ1) is 18.9. The average molecular weight is 520 g/mol. The van der Waals surface area contributed by atoms with Crippen LogP contribution in [0, 0.1) is 19.7 Å². The number of benzene rings is 4. The summed E-state index contributed by atoms with van der Waals surface area (Å²) in [7, 11) is 0. The minimum atomic E-state index is -0.344. The van der Waals surface area contributed by atoms with E-state index in [1.165, 1.54) is 29.8 Å². The number of ether oxygens (including phenoxy) is 1. The lowest BCUT2D eigenvalue weighted by Crippen LogP contribution is -2.11. The number of hydrogen-bond donors (Lipinski definition) is 3. The molecule has 0 saturated carbocycles. The monoisotopic (exact) mass is 519 g/mol. The highest BCUT2D eigenvalue weighted by atomic mass is 19.1. The van der Waals surface area contributed by atoms with Crippen molar-refractivity contribution in [3.63, 3.8) is 0 Å². The standard InChI is InChI=1S/C31H26FN5O2/c1-20-6-10-24(11-7-20)35-29-19-30(34-21(2)33-29)36-25-12-14-26(15-13-25)37-31(38)22-4-3-5-28(18-22)39-27-16-8-23(32)9-17-27/h3-19H,1-2H3,(H,37,38)(H2,33,34,35,36). The topological polar surface area (TPSA) is 88.2 Å². The van der Waals surface area contributed by atoms with Gasteiger partial charge in [0.25, 0.3) is 5.91 Å². The molecular formula is C31H26FN5O2. The van der Waals surface area contributed by atoms with Crippen molar-refractivity contribution < 1.29 is 13.9 Å². The van der Waals surface area contributed by atoms with Crippen LogP contribution in [0.25, 0.3) is 0 Å². The van der Waals surface area contributed by atoms with E-state index in [2.05, 4.69) is 25.9 Å². The Labute approximate surface area is 225 Å². The zero-order valence-corrected chi connectivity index (χ0v) is 21.4. The number of rotatable bonds is 8. The van der Waals surface area contributed by atoms with Gasteiger partial charge in [0.05, 0.1) is 0 Å². The molecule has 0 atom stereocenters. The predicted molar refractivity (Wildman–Crippen MR) is 152 cm³/mol. The first kappa shape index (κ1) is 25.4. The molecule has 1 aromatic heterocycles. The zero-order chi connectivity index (χ0) is 27.2. The Morgan fingerprint density at radius 2 is 1.28 bits per heavy atom. The Bertz CT molecular complexity index is 1590. The van der Waals surface area contributed by atoms with Gasteiger partial charge in [-0.05, 0) is 92.7 Å². The van der Waals surface area contributed by atoms with Gasteiger partial charge in [-0.25, -0.2) is 14.4 Å². The molecule has 0 saturated heterocycles. The molecule has 0 radical (unpaired) electrons. The molecule has 0 unspecified atom stereocenters.